The fourth-order valence-corrected chi connectivity index (χ4v) is 2.62. The Morgan fingerprint density at radius 2 is 2.00 bits per heavy atom. The van der Waals surface area contributed by atoms with E-state index < -0.39 is 0 Å². The van der Waals surface area contributed by atoms with Gasteiger partial charge in [-0.25, -0.2) is 0 Å². The lowest BCUT2D eigenvalue weighted by Crippen LogP contribution is -2.26. The maximum atomic E-state index is 8.70. The number of ether oxygens (including phenoxy) is 1. The lowest BCUT2D eigenvalue weighted by molar-refractivity contribution is 0.264. The number of hydrogen-bond acceptors (Lipinski definition) is 3. The molecule has 1 atom stereocenters. The number of nitrogens with one attached hydrogen (secondary N) is 1. The minimum Gasteiger partial charge on any atom is -0.493 e. The van der Waals surface area contributed by atoms with Crippen LogP contribution < -0.4 is 10.1 Å². The van der Waals surface area contributed by atoms with Gasteiger partial charge < -0.3 is 15.2 Å². The highest BCUT2D eigenvalue weighted by Gasteiger charge is 2.20. The molecule has 1 heterocycles. The van der Waals surface area contributed by atoms with E-state index in [4.69, 9.17) is 9.84 Å². The van der Waals surface area contributed by atoms with Crippen LogP contribution in [0.3, 0.4) is 0 Å². The zero-order valence-electron chi connectivity index (χ0n) is 11.6. The molecule has 1 aromatic carbocycles. The van der Waals surface area contributed by atoms with Crippen LogP contribution in [0.15, 0.2) is 24.3 Å². The molecule has 1 aliphatic heterocycles. The number of para-hydroxylation sites is 1. The van der Waals surface area contributed by atoms with Crippen LogP contribution in [0.25, 0.3) is 0 Å². The van der Waals surface area contributed by atoms with Crippen LogP contribution >= 0.6 is 0 Å². The zero-order valence-corrected chi connectivity index (χ0v) is 11.6. The number of hydrogen-bond donors (Lipinski definition) is 2. The third kappa shape index (κ3) is 4.51. The van der Waals surface area contributed by atoms with Gasteiger partial charge in [0, 0.05) is 19.1 Å². The second-order valence-corrected chi connectivity index (χ2v) is 5.21. The quantitative estimate of drug-likeness (QED) is 0.709. The summed E-state index contributed by atoms with van der Waals surface area (Å²) in [5, 5.41) is 12.3. The van der Waals surface area contributed by atoms with E-state index in [0.29, 0.717) is 12.5 Å². The molecule has 0 fully saturated rings. The van der Waals surface area contributed by atoms with E-state index >= 15 is 0 Å². The van der Waals surface area contributed by atoms with E-state index in [1.807, 2.05) is 6.07 Å². The molecule has 0 bridgehead atoms. The summed E-state index contributed by atoms with van der Waals surface area (Å²) in [6.45, 7) is 3.28. The van der Waals surface area contributed by atoms with Crippen molar-refractivity contribution in [1.29, 1.82) is 0 Å². The maximum Gasteiger partial charge on any atom is 0.122 e. The lowest BCUT2D eigenvalue weighted by atomic mass is 9.93. The van der Waals surface area contributed by atoms with Crippen molar-refractivity contribution in [3.8, 4) is 5.75 Å². The normalized spacial score (nSPS) is 17.8. The third-order valence-corrected chi connectivity index (χ3v) is 3.74. The topological polar surface area (TPSA) is 41.5 Å². The molecule has 1 unspecified atom stereocenters. The van der Waals surface area contributed by atoms with Gasteiger partial charge in [0.25, 0.3) is 0 Å². The molecule has 19 heavy (non-hydrogen) atoms. The van der Waals surface area contributed by atoms with Crippen molar-refractivity contribution in [2.75, 3.05) is 26.3 Å². The first-order chi connectivity index (χ1) is 9.42. The SMILES string of the molecule is OCCCCCCNCC1CCOc2ccccc21. The Labute approximate surface area is 116 Å². The Hall–Kier alpha value is -1.06. The molecule has 2 N–H and O–H groups in total. The van der Waals surface area contributed by atoms with Crippen molar-refractivity contribution in [2.45, 2.75) is 38.0 Å². The standard InChI is InChI=1S/C16H25NO2/c18-11-6-2-1-5-10-17-13-14-9-12-19-16-8-4-3-7-15(14)16/h3-4,7-8,14,17-18H,1-2,5-6,9-13H2. The number of fused-ring (bicyclic) bond motifs is 1. The van der Waals surface area contributed by atoms with Crippen LogP contribution in [-0.2, 0) is 0 Å². The molecule has 0 radical (unpaired) electrons. The molecule has 106 valence electrons. The molecular weight excluding hydrogens is 238 g/mol. The van der Waals surface area contributed by atoms with Gasteiger partial charge in [-0.05, 0) is 37.4 Å². The van der Waals surface area contributed by atoms with Crippen molar-refractivity contribution < 1.29 is 9.84 Å². The number of unbranched alkanes of at least 4 members (excludes halogenated alkanes) is 3. The van der Waals surface area contributed by atoms with Gasteiger partial charge >= 0.3 is 0 Å². The smallest absolute Gasteiger partial charge is 0.122 e. The van der Waals surface area contributed by atoms with Gasteiger partial charge in [0.2, 0.25) is 0 Å². The van der Waals surface area contributed by atoms with Gasteiger partial charge in [0.05, 0.1) is 6.61 Å². The predicted octanol–water partition coefficient (Wildman–Crippen LogP) is 2.70. The minimum atomic E-state index is 0.326. The van der Waals surface area contributed by atoms with E-state index in [1.165, 1.54) is 18.4 Å². The number of aliphatic hydroxyl groups is 1. The van der Waals surface area contributed by atoms with E-state index in [0.717, 1.165) is 44.7 Å². The maximum absolute atomic E-state index is 8.70. The Morgan fingerprint density at radius 1 is 1.16 bits per heavy atom. The predicted molar refractivity (Wildman–Crippen MR) is 77.7 cm³/mol. The van der Waals surface area contributed by atoms with E-state index in [1.54, 1.807) is 0 Å². The highest BCUT2D eigenvalue weighted by Crippen LogP contribution is 2.32. The first-order valence-electron chi connectivity index (χ1n) is 7.45. The fourth-order valence-electron chi connectivity index (χ4n) is 2.62. The van der Waals surface area contributed by atoms with Gasteiger partial charge in [-0.3, -0.25) is 0 Å². The van der Waals surface area contributed by atoms with Crippen molar-refractivity contribution in [2.24, 2.45) is 0 Å². The summed E-state index contributed by atoms with van der Waals surface area (Å²) < 4.78 is 5.67. The first-order valence-corrected chi connectivity index (χ1v) is 7.45. The molecule has 0 aliphatic carbocycles. The van der Waals surface area contributed by atoms with E-state index in [2.05, 4.69) is 23.5 Å². The number of aliphatic hydroxyl groups excluding tert-OH is 1. The summed E-state index contributed by atoms with van der Waals surface area (Å²) in [5.74, 6) is 1.64. The Kier molecular flexibility index (Phi) is 6.18. The highest BCUT2D eigenvalue weighted by molar-refractivity contribution is 5.37. The molecule has 0 spiro atoms. The Bertz CT molecular complexity index is 368. The van der Waals surface area contributed by atoms with Crippen LogP contribution in [0, 0.1) is 0 Å². The summed E-state index contributed by atoms with van der Waals surface area (Å²) in [4.78, 5) is 0. The zero-order chi connectivity index (χ0) is 13.3. The van der Waals surface area contributed by atoms with Gasteiger partial charge in [0.1, 0.15) is 5.75 Å². The molecule has 0 saturated carbocycles. The second-order valence-electron chi connectivity index (χ2n) is 5.21. The van der Waals surface area contributed by atoms with E-state index in [9.17, 15) is 0 Å². The minimum absolute atomic E-state index is 0.326. The second kappa shape index (κ2) is 8.18. The summed E-state index contributed by atoms with van der Waals surface area (Å²) >= 11 is 0. The summed E-state index contributed by atoms with van der Waals surface area (Å²) in [5.41, 5.74) is 1.35. The third-order valence-electron chi connectivity index (χ3n) is 3.74. The molecule has 2 rings (SSSR count). The lowest BCUT2D eigenvalue weighted by Gasteiger charge is -2.26. The van der Waals surface area contributed by atoms with Crippen LogP contribution in [0.4, 0.5) is 0 Å². The molecule has 3 heteroatoms. The average molecular weight is 263 g/mol. The fraction of sp³-hybridized carbons (Fsp3) is 0.625. The van der Waals surface area contributed by atoms with Crippen LogP contribution in [0.2, 0.25) is 0 Å². The van der Waals surface area contributed by atoms with Gasteiger partial charge in [-0.15, -0.1) is 0 Å². The van der Waals surface area contributed by atoms with Gasteiger partial charge in [-0.1, -0.05) is 31.0 Å². The monoisotopic (exact) mass is 263 g/mol. The number of benzene rings is 1. The Morgan fingerprint density at radius 3 is 2.89 bits per heavy atom. The Balaban J connectivity index is 1.67. The van der Waals surface area contributed by atoms with Crippen LogP contribution in [0.5, 0.6) is 5.75 Å². The summed E-state index contributed by atoms with van der Waals surface area (Å²) in [7, 11) is 0. The number of rotatable bonds is 8. The van der Waals surface area contributed by atoms with Crippen molar-refractivity contribution in [3.05, 3.63) is 29.8 Å². The van der Waals surface area contributed by atoms with Crippen LogP contribution in [-0.4, -0.2) is 31.4 Å². The van der Waals surface area contributed by atoms with Gasteiger partial charge in [-0.2, -0.15) is 0 Å². The first kappa shape index (κ1) is 14.4. The largest absolute Gasteiger partial charge is 0.493 e. The molecule has 3 nitrogen and oxygen atoms in total. The van der Waals surface area contributed by atoms with Crippen molar-refractivity contribution in [1.82, 2.24) is 5.32 Å². The van der Waals surface area contributed by atoms with Gasteiger partial charge in [0.15, 0.2) is 0 Å². The molecule has 1 aliphatic rings. The molecule has 0 saturated heterocycles. The van der Waals surface area contributed by atoms with Crippen molar-refractivity contribution in [3.63, 3.8) is 0 Å². The summed E-state index contributed by atoms with van der Waals surface area (Å²) in [6.07, 6.45) is 5.59. The average Bonchev–Trinajstić information content (AvgIpc) is 2.46. The highest BCUT2D eigenvalue weighted by atomic mass is 16.5. The van der Waals surface area contributed by atoms with Crippen molar-refractivity contribution >= 4 is 0 Å². The summed E-state index contributed by atoms with van der Waals surface area (Å²) in [6, 6.07) is 8.38. The molecular formula is C16H25NO2. The molecule has 1 aromatic rings. The van der Waals surface area contributed by atoms with E-state index in [-0.39, 0.29) is 0 Å². The van der Waals surface area contributed by atoms with Crippen LogP contribution in [0.1, 0.15) is 43.6 Å². The molecule has 0 amide bonds. The molecule has 0 aromatic heterocycles.